The molecule has 0 unspecified atom stereocenters. The predicted molar refractivity (Wildman–Crippen MR) is 104 cm³/mol. The van der Waals surface area contributed by atoms with Gasteiger partial charge in [0.2, 0.25) is 11.8 Å². The van der Waals surface area contributed by atoms with Crippen molar-refractivity contribution in [1.82, 2.24) is 9.80 Å². The zero-order chi connectivity index (χ0) is 19.6. The van der Waals surface area contributed by atoms with Crippen molar-refractivity contribution in [3.05, 3.63) is 35.4 Å². The first-order chi connectivity index (χ1) is 13.0. The minimum atomic E-state index is -0.209. The van der Waals surface area contributed by atoms with Crippen LogP contribution in [0.5, 0.6) is 0 Å². The van der Waals surface area contributed by atoms with Crippen molar-refractivity contribution in [2.75, 3.05) is 19.7 Å². The van der Waals surface area contributed by atoms with Crippen LogP contribution in [0.4, 0.5) is 0 Å². The van der Waals surface area contributed by atoms with E-state index in [-0.39, 0.29) is 43.0 Å². The molecule has 3 rings (SSSR count). The Bertz CT molecular complexity index is 760. The van der Waals surface area contributed by atoms with Gasteiger partial charge in [-0.1, -0.05) is 44.7 Å². The number of piperazine rings is 1. The highest BCUT2D eigenvalue weighted by molar-refractivity contribution is 5.87. The van der Waals surface area contributed by atoms with Crippen molar-refractivity contribution < 1.29 is 14.7 Å². The minimum Gasteiger partial charge on any atom is -0.394 e. The molecular formula is C22H28N2O3. The lowest BCUT2D eigenvalue weighted by Gasteiger charge is -2.58. The van der Waals surface area contributed by atoms with Crippen LogP contribution in [0.15, 0.2) is 24.3 Å². The smallest absolute Gasteiger partial charge is 0.242 e. The molecule has 3 atom stereocenters. The molecule has 0 radical (unpaired) electrons. The van der Waals surface area contributed by atoms with Crippen molar-refractivity contribution >= 4 is 11.8 Å². The molecule has 0 saturated carbocycles. The number of rotatable bonds is 4. The quantitative estimate of drug-likeness (QED) is 0.827. The number of hydrogen-bond donors (Lipinski definition) is 1. The molecule has 1 aromatic rings. The Kier molecular flexibility index (Phi) is 5.86. The third-order valence-electron chi connectivity index (χ3n) is 5.45. The molecule has 2 amide bonds. The van der Waals surface area contributed by atoms with E-state index in [1.807, 2.05) is 31.2 Å². The zero-order valence-electron chi connectivity index (χ0n) is 16.3. The first-order valence-electron chi connectivity index (χ1n) is 9.74. The lowest BCUT2D eigenvalue weighted by molar-refractivity contribution is -0.166. The summed E-state index contributed by atoms with van der Waals surface area (Å²) in [6.07, 6.45) is 1.27. The first-order valence-corrected chi connectivity index (χ1v) is 9.74. The largest absolute Gasteiger partial charge is 0.394 e. The summed E-state index contributed by atoms with van der Waals surface area (Å²) in [6.45, 7) is 6.70. The van der Waals surface area contributed by atoms with E-state index in [0.717, 1.165) is 17.5 Å². The second-order valence-electron chi connectivity index (χ2n) is 7.79. The average molecular weight is 368 g/mol. The summed E-state index contributed by atoms with van der Waals surface area (Å²) in [5.74, 6) is 6.90. The van der Waals surface area contributed by atoms with Gasteiger partial charge in [0.1, 0.15) is 0 Å². The van der Waals surface area contributed by atoms with Crippen molar-refractivity contribution in [3.63, 3.8) is 0 Å². The minimum absolute atomic E-state index is 0.00460. The van der Waals surface area contributed by atoms with E-state index in [0.29, 0.717) is 18.9 Å². The Morgan fingerprint density at radius 1 is 1.30 bits per heavy atom. The van der Waals surface area contributed by atoms with Crippen LogP contribution in [0.2, 0.25) is 0 Å². The molecule has 0 aromatic heterocycles. The predicted octanol–water partition coefficient (Wildman–Crippen LogP) is 1.99. The van der Waals surface area contributed by atoms with E-state index in [4.69, 9.17) is 0 Å². The molecule has 2 fully saturated rings. The van der Waals surface area contributed by atoms with E-state index in [9.17, 15) is 14.7 Å². The van der Waals surface area contributed by atoms with Crippen LogP contribution in [0.3, 0.4) is 0 Å². The molecular weight excluding hydrogens is 340 g/mol. The molecule has 27 heavy (non-hydrogen) atoms. The fourth-order valence-electron chi connectivity index (χ4n) is 4.06. The molecule has 0 aliphatic carbocycles. The Labute approximate surface area is 161 Å². The van der Waals surface area contributed by atoms with Crippen LogP contribution in [0.25, 0.3) is 0 Å². The highest BCUT2D eigenvalue weighted by Crippen LogP contribution is 2.42. The van der Waals surface area contributed by atoms with Gasteiger partial charge in [-0.15, -0.1) is 0 Å². The highest BCUT2D eigenvalue weighted by Gasteiger charge is 2.54. The maximum Gasteiger partial charge on any atom is 0.242 e. The third kappa shape index (κ3) is 3.86. The molecule has 1 aromatic carbocycles. The zero-order valence-corrected chi connectivity index (χ0v) is 16.3. The van der Waals surface area contributed by atoms with Crippen molar-refractivity contribution in [3.8, 4) is 11.8 Å². The first kappa shape index (κ1) is 19.4. The van der Waals surface area contributed by atoms with E-state index in [1.165, 1.54) is 0 Å². The normalized spacial score (nSPS) is 24.2. The number of carbonyl (C=O) groups excluding carboxylic acids is 2. The van der Waals surface area contributed by atoms with E-state index >= 15 is 0 Å². The van der Waals surface area contributed by atoms with Crippen molar-refractivity contribution in [2.24, 2.45) is 5.92 Å². The molecule has 2 aliphatic rings. The maximum absolute atomic E-state index is 12.5. The Balaban J connectivity index is 1.77. The van der Waals surface area contributed by atoms with Gasteiger partial charge >= 0.3 is 0 Å². The van der Waals surface area contributed by atoms with Gasteiger partial charge in [-0.05, 0) is 23.6 Å². The van der Waals surface area contributed by atoms with Gasteiger partial charge in [-0.3, -0.25) is 9.59 Å². The summed E-state index contributed by atoms with van der Waals surface area (Å²) in [5, 5.41) is 9.82. The number of benzene rings is 1. The molecule has 2 aliphatic heterocycles. The highest BCUT2D eigenvalue weighted by atomic mass is 16.3. The number of hydrogen-bond acceptors (Lipinski definition) is 3. The van der Waals surface area contributed by atoms with E-state index < -0.39 is 0 Å². The summed E-state index contributed by atoms with van der Waals surface area (Å²) >= 11 is 0. The third-order valence-corrected chi connectivity index (χ3v) is 5.45. The van der Waals surface area contributed by atoms with Gasteiger partial charge in [-0.2, -0.15) is 0 Å². The van der Waals surface area contributed by atoms with Crippen molar-refractivity contribution in [1.29, 1.82) is 0 Å². The van der Waals surface area contributed by atoms with Crippen LogP contribution >= 0.6 is 0 Å². The topological polar surface area (TPSA) is 60.9 Å². The molecule has 2 saturated heterocycles. The Morgan fingerprint density at radius 2 is 2.00 bits per heavy atom. The summed E-state index contributed by atoms with van der Waals surface area (Å²) in [6, 6.07) is 7.80. The lowest BCUT2D eigenvalue weighted by Crippen LogP contribution is -2.73. The second-order valence-corrected chi connectivity index (χ2v) is 7.79. The molecule has 5 heteroatoms. The summed E-state index contributed by atoms with van der Waals surface area (Å²) in [7, 11) is 0. The standard InChI is InChI=1S/C22H28N2O3/c1-4-20(26)23-12-18-22(19(14-25)24(18)21(27)13-23)17-10-8-16(9-11-17)7-5-6-15(2)3/h8-11,15,18-19,22,25H,4,6,12-14H2,1-3H3/t18-,19-,22+/m1/s1. The molecule has 0 spiro atoms. The lowest BCUT2D eigenvalue weighted by atomic mass is 9.73. The van der Waals surface area contributed by atoms with E-state index in [1.54, 1.807) is 9.80 Å². The summed E-state index contributed by atoms with van der Waals surface area (Å²) in [4.78, 5) is 27.9. The van der Waals surface area contributed by atoms with Gasteiger partial charge in [0.15, 0.2) is 0 Å². The number of aliphatic hydroxyl groups is 1. The monoisotopic (exact) mass is 368 g/mol. The molecule has 144 valence electrons. The number of aliphatic hydroxyl groups excluding tert-OH is 1. The van der Waals surface area contributed by atoms with Crippen LogP contribution in [0, 0.1) is 17.8 Å². The van der Waals surface area contributed by atoms with Gasteiger partial charge < -0.3 is 14.9 Å². The van der Waals surface area contributed by atoms with Crippen LogP contribution < -0.4 is 0 Å². The molecule has 0 bridgehead atoms. The van der Waals surface area contributed by atoms with Gasteiger partial charge in [0.25, 0.3) is 0 Å². The Hall–Kier alpha value is -2.32. The number of amides is 2. The van der Waals surface area contributed by atoms with Crippen LogP contribution in [0.1, 0.15) is 50.7 Å². The van der Waals surface area contributed by atoms with Crippen molar-refractivity contribution in [2.45, 2.75) is 51.6 Å². The van der Waals surface area contributed by atoms with Crippen LogP contribution in [-0.2, 0) is 9.59 Å². The SMILES string of the molecule is CCC(=O)N1CC(=O)N2[C@H](CO)[C@@H](c3ccc(C#CCC(C)C)cc3)[C@H]2C1. The number of nitrogens with zero attached hydrogens (tertiary/aromatic N) is 2. The fourth-order valence-corrected chi connectivity index (χ4v) is 4.06. The van der Waals surface area contributed by atoms with Crippen LogP contribution in [-0.4, -0.2) is 58.5 Å². The van der Waals surface area contributed by atoms with Gasteiger partial charge in [0, 0.05) is 30.9 Å². The number of carbonyl (C=O) groups is 2. The van der Waals surface area contributed by atoms with Gasteiger partial charge in [-0.25, -0.2) is 0 Å². The second kappa shape index (κ2) is 8.14. The summed E-state index contributed by atoms with van der Waals surface area (Å²) in [5.41, 5.74) is 2.06. The maximum atomic E-state index is 12.5. The molecule has 1 N–H and O–H groups in total. The summed E-state index contributed by atoms with van der Waals surface area (Å²) < 4.78 is 0. The average Bonchev–Trinajstić information content (AvgIpc) is 2.63. The van der Waals surface area contributed by atoms with E-state index in [2.05, 4.69) is 25.7 Å². The Morgan fingerprint density at radius 3 is 2.59 bits per heavy atom. The molecule has 2 heterocycles. The van der Waals surface area contributed by atoms with Gasteiger partial charge in [0.05, 0.1) is 25.2 Å². The fraction of sp³-hybridized carbons (Fsp3) is 0.545. The molecule has 5 nitrogen and oxygen atoms in total. The number of fused-ring (bicyclic) bond motifs is 1.